The van der Waals surface area contributed by atoms with Crippen molar-refractivity contribution in [3.05, 3.63) is 80.5 Å². The average Bonchev–Trinajstić information content (AvgIpc) is 2.67. The standard InChI is InChI=1S/C25H25I3O3/c1-13-7-16(26)10-19(23(13)29-4)22(20-11-17(27)8-14(2)24(20)30-5)21-12-18(28)9-15(3)25(21)31-6/h7-12,22H,1-6H3. The summed E-state index contributed by atoms with van der Waals surface area (Å²) in [7, 11) is 5.22. The largest absolute Gasteiger partial charge is 0.496 e. The zero-order chi connectivity index (χ0) is 22.9. The van der Waals surface area contributed by atoms with Gasteiger partial charge in [0.25, 0.3) is 0 Å². The molecule has 0 aliphatic carbocycles. The molecule has 0 spiro atoms. The molecular formula is C25H25I3O3. The van der Waals surface area contributed by atoms with Crippen molar-refractivity contribution in [2.24, 2.45) is 0 Å². The van der Waals surface area contributed by atoms with Gasteiger partial charge in [0.05, 0.1) is 21.3 Å². The summed E-state index contributed by atoms with van der Waals surface area (Å²) in [5, 5.41) is 0. The second-order valence-electron chi connectivity index (χ2n) is 7.47. The highest BCUT2D eigenvalue weighted by atomic mass is 127. The van der Waals surface area contributed by atoms with Gasteiger partial charge >= 0.3 is 0 Å². The molecule has 0 amide bonds. The number of benzene rings is 3. The molecule has 6 heteroatoms. The van der Waals surface area contributed by atoms with Gasteiger partial charge in [0.2, 0.25) is 0 Å². The van der Waals surface area contributed by atoms with Crippen LogP contribution < -0.4 is 14.2 Å². The molecule has 164 valence electrons. The zero-order valence-electron chi connectivity index (χ0n) is 18.4. The lowest BCUT2D eigenvalue weighted by atomic mass is 9.81. The van der Waals surface area contributed by atoms with E-state index in [2.05, 4.69) is 125 Å². The van der Waals surface area contributed by atoms with Crippen molar-refractivity contribution in [2.45, 2.75) is 26.7 Å². The molecule has 0 radical (unpaired) electrons. The van der Waals surface area contributed by atoms with Crippen molar-refractivity contribution >= 4 is 67.8 Å². The summed E-state index contributed by atoms with van der Waals surface area (Å²) in [5.41, 5.74) is 6.63. The van der Waals surface area contributed by atoms with Gasteiger partial charge in [-0.15, -0.1) is 0 Å². The van der Waals surface area contributed by atoms with Crippen LogP contribution in [0.1, 0.15) is 39.3 Å². The molecule has 0 fully saturated rings. The Hall–Kier alpha value is -0.750. The Morgan fingerprint density at radius 1 is 0.516 bits per heavy atom. The molecule has 0 N–H and O–H groups in total. The van der Waals surface area contributed by atoms with E-state index >= 15 is 0 Å². The maximum absolute atomic E-state index is 5.93. The molecule has 0 saturated heterocycles. The SMILES string of the molecule is COc1c(C)cc(I)cc1C(c1cc(I)cc(C)c1OC)c1cc(I)cc(C)c1OC. The smallest absolute Gasteiger partial charge is 0.125 e. The zero-order valence-corrected chi connectivity index (χ0v) is 24.9. The second-order valence-corrected chi connectivity index (χ2v) is 11.2. The fourth-order valence-corrected chi connectivity index (χ4v) is 6.66. The molecule has 31 heavy (non-hydrogen) atoms. The van der Waals surface area contributed by atoms with Crippen molar-refractivity contribution in [3.63, 3.8) is 0 Å². The average molecular weight is 754 g/mol. The van der Waals surface area contributed by atoms with Gasteiger partial charge in [0.1, 0.15) is 17.2 Å². The van der Waals surface area contributed by atoms with Crippen molar-refractivity contribution < 1.29 is 14.2 Å². The maximum atomic E-state index is 5.93. The minimum absolute atomic E-state index is 0.116. The van der Waals surface area contributed by atoms with Crippen LogP contribution in [0.4, 0.5) is 0 Å². The van der Waals surface area contributed by atoms with Crippen LogP contribution in [0.15, 0.2) is 36.4 Å². The third-order valence-electron chi connectivity index (χ3n) is 5.35. The van der Waals surface area contributed by atoms with Gasteiger partial charge in [-0.25, -0.2) is 0 Å². The first kappa shape index (κ1) is 24.9. The summed E-state index contributed by atoms with van der Waals surface area (Å²) in [6, 6.07) is 13.1. The Bertz CT molecular complexity index is 984. The summed E-state index contributed by atoms with van der Waals surface area (Å²) in [4.78, 5) is 0. The number of halogens is 3. The molecule has 0 aliphatic rings. The first-order chi connectivity index (χ1) is 14.7. The van der Waals surface area contributed by atoms with E-state index in [9.17, 15) is 0 Å². The highest BCUT2D eigenvalue weighted by Gasteiger charge is 2.29. The summed E-state index contributed by atoms with van der Waals surface area (Å²) >= 11 is 7.13. The Kier molecular flexibility index (Phi) is 8.39. The molecule has 3 nitrogen and oxygen atoms in total. The van der Waals surface area contributed by atoms with E-state index in [0.717, 1.165) is 50.6 Å². The minimum Gasteiger partial charge on any atom is -0.496 e. The van der Waals surface area contributed by atoms with Crippen LogP contribution in [-0.4, -0.2) is 21.3 Å². The summed E-state index contributed by atoms with van der Waals surface area (Å²) < 4.78 is 21.3. The van der Waals surface area contributed by atoms with E-state index < -0.39 is 0 Å². The predicted octanol–water partition coefficient (Wildman–Crippen LogP) is 7.63. The maximum Gasteiger partial charge on any atom is 0.125 e. The van der Waals surface area contributed by atoms with Crippen molar-refractivity contribution in [1.82, 2.24) is 0 Å². The van der Waals surface area contributed by atoms with E-state index in [1.807, 2.05) is 0 Å². The molecule has 0 unspecified atom stereocenters. The molecule has 0 bridgehead atoms. The van der Waals surface area contributed by atoms with Crippen LogP contribution in [-0.2, 0) is 0 Å². The first-order valence-electron chi connectivity index (χ1n) is 9.73. The molecule has 0 heterocycles. The quantitative estimate of drug-likeness (QED) is 0.192. The van der Waals surface area contributed by atoms with Gasteiger partial charge in [-0.1, -0.05) is 0 Å². The highest BCUT2D eigenvalue weighted by Crippen LogP contribution is 2.47. The lowest BCUT2D eigenvalue weighted by molar-refractivity contribution is 0.393. The van der Waals surface area contributed by atoms with Crippen LogP contribution in [0, 0.1) is 31.5 Å². The summed E-state index contributed by atoms with van der Waals surface area (Å²) in [5.74, 6) is 2.56. The molecule has 0 aromatic heterocycles. The van der Waals surface area contributed by atoms with E-state index in [-0.39, 0.29) is 5.92 Å². The number of rotatable bonds is 6. The Balaban J connectivity index is 2.50. The predicted molar refractivity (Wildman–Crippen MR) is 152 cm³/mol. The van der Waals surface area contributed by atoms with E-state index in [1.165, 1.54) is 10.7 Å². The van der Waals surface area contributed by atoms with Crippen LogP contribution >= 0.6 is 67.8 Å². The van der Waals surface area contributed by atoms with Crippen LogP contribution in [0.25, 0.3) is 0 Å². The summed E-state index contributed by atoms with van der Waals surface area (Å²) in [6.07, 6.45) is 0. The van der Waals surface area contributed by atoms with Crippen LogP contribution in [0.2, 0.25) is 0 Å². The monoisotopic (exact) mass is 754 g/mol. The lowest BCUT2D eigenvalue weighted by Crippen LogP contribution is -2.12. The molecule has 3 aromatic carbocycles. The van der Waals surface area contributed by atoms with Gasteiger partial charge in [-0.2, -0.15) is 0 Å². The topological polar surface area (TPSA) is 27.7 Å². The number of aryl methyl sites for hydroxylation is 3. The van der Waals surface area contributed by atoms with E-state index in [4.69, 9.17) is 14.2 Å². The molecule has 3 aromatic rings. The number of hydrogen-bond acceptors (Lipinski definition) is 3. The third kappa shape index (κ3) is 5.10. The van der Waals surface area contributed by atoms with Crippen LogP contribution in [0.3, 0.4) is 0 Å². The molecular weight excluding hydrogens is 729 g/mol. The molecule has 3 rings (SSSR count). The van der Waals surface area contributed by atoms with E-state index in [0.29, 0.717) is 0 Å². The fraction of sp³-hybridized carbons (Fsp3) is 0.280. The fourth-order valence-electron chi connectivity index (χ4n) is 4.25. The Morgan fingerprint density at radius 2 is 0.774 bits per heavy atom. The number of methoxy groups -OCH3 is 3. The van der Waals surface area contributed by atoms with Gasteiger partial charge in [0.15, 0.2) is 0 Å². The van der Waals surface area contributed by atoms with Gasteiger partial charge < -0.3 is 14.2 Å². The number of ether oxygens (including phenoxy) is 3. The number of hydrogen-bond donors (Lipinski definition) is 0. The van der Waals surface area contributed by atoms with Crippen molar-refractivity contribution in [2.75, 3.05) is 21.3 Å². The first-order valence-corrected chi connectivity index (χ1v) is 13.0. The Labute approximate surface area is 225 Å². The third-order valence-corrected chi connectivity index (χ3v) is 7.22. The van der Waals surface area contributed by atoms with Crippen molar-refractivity contribution in [1.29, 1.82) is 0 Å². The van der Waals surface area contributed by atoms with Gasteiger partial charge in [-0.05, 0) is 142 Å². The van der Waals surface area contributed by atoms with Gasteiger partial charge in [0, 0.05) is 33.3 Å². The van der Waals surface area contributed by atoms with Crippen LogP contribution in [0.5, 0.6) is 17.2 Å². The molecule has 0 saturated carbocycles. The molecule has 0 atom stereocenters. The van der Waals surface area contributed by atoms with E-state index in [1.54, 1.807) is 21.3 Å². The normalized spacial score (nSPS) is 11.0. The van der Waals surface area contributed by atoms with Crippen molar-refractivity contribution in [3.8, 4) is 17.2 Å². The minimum atomic E-state index is -0.116. The lowest BCUT2D eigenvalue weighted by Gasteiger charge is -2.27. The van der Waals surface area contributed by atoms with Gasteiger partial charge in [-0.3, -0.25) is 0 Å². The Morgan fingerprint density at radius 3 is 1.00 bits per heavy atom. The highest BCUT2D eigenvalue weighted by molar-refractivity contribution is 14.1. The summed E-state index contributed by atoms with van der Waals surface area (Å²) in [6.45, 7) is 6.28. The molecule has 0 aliphatic heterocycles. The second kappa shape index (κ2) is 10.5.